The average Bonchev–Trinajstić information content (AvgIpc) is 2.39. The quantitative estimate of drug-likeness (QED) is 0.759. The summed E-state index contributed by atoms with van der Waals surface area (Å²) in [7, 11) is 1.91. The van der Waals surface area contributed by atoms with Gasteiger partial charge in [-0.05, 0) is 31.5 Å². The molecule has 0 bridgehead atoms. The molecule has 19 heavy (non-hydrogen) atoms. The summed E-state index contributed by atoms with van der Waals surface area (Å²) in [6.07, 6.45) is 1.01. The largest absolute Gasteiger partial charge is 0.465 e. The Morgan fingerprint density at radius 3 is 3.05 bits per heavy atom. The van der Waals surface area contributed by atoms with Crippen molar-refractivity contribution in [2.75, 3.05) is 33.4 Å². The Bertz CT molecular complexity index is 433. The number of fused-ring (bicyclic) bond motifs is 1. The first-order valence-corrected chi connectivity index (χ1v) is 6.74. The van der Waals surface area contributed by atoms with Crippen molar-refractivity contribution in [1.82, 2.24) is 4.90 Å². The van der Waals surface area contributed by atoms with Crippen molar-refractivity contribution in [1.29, 1.82) is 0 Å². The summed E-state index contributed by atoms with van der Waals surface area (Å²) in [5.74, 6) is -0.186. The minimum absolute atomic E-state index is 0.0457. The fraction of sp³-hybridized carbons (Fsp3) is 0.533. The lowest BCUT2D eigenvalue weighted by Crippen LogP contribution is -2.33. The van der Waals surface area contributed by atoms with Crippen molar-refractivity contribution in [3.63, 3.8) is 0 Å². The maximum Gasteiger partial charge on any atom is 0.320 e. The van der Waals surface area contributed by atoms with Gasteiger partial charge in [-0.3, -0.25) is 9.69 Å². The molecule has 1 unspecified atom stereocenters. The summed E-state index contributed by atoms with van der Waals surface area (Å²) in [5.41, 5.74) is 2.59. The summed E-state index contributed by atoms with van der Waals surface area (Å²) in [5, 5.41) is 0. The van der Waals surface area contributed by atoms with E-state index in [0.29, 0.717) is 19.7 Å². The predicted molar refractivity (Wildman–Crippen MR) is 73.0 cm³/mol. The first kappa shape index (κ1) is 14.0. The molecule has 2 rings (SSSR count). The average molecular weight is 263 g/mol. The third-order valence-corrected chi connectivity index (χ3v) is 3.27. The van der Waals surface area contributed by atoms with Crippen LogP contribution in [0.1, 0.15) is 24.2 Å². The van der Waals surface area contributed by atoms with Gasteiger partial charge < -0.3 is 9.47 Å². The van der Waals surface area contributed by atoms with Crippen LogP contribution in [-0.2, 0) is 20.7 Å². The number of rotatable bonds is 5. The van der Waals surface area contributed by atoms with Gasteiger partial charge >= 0.3 is 5.97 Å². The van der Waals surface area contributed by atoms with Crippen LogP contribution in [-0.4, -0.2) is 44.2 Å². The molecule has 0 spiro atoms. The highest BCUT2D eigenvalue weighted by atomic mass is 16.5. The van der Waals surface area contributed by atoms with Crippen molar-refractivity contribution in [3.05, 3.63) is 35.4 Å². The zero-order valence-electron chi connectivity index (χ0n) is 11.6. The van der Waals surface area contributed by atoms with Gasteiger partial charge in [0, 0.05) is 6.54 Å². The van der Waals surface area contributed by atoms with Crippen molar-refractivity contribution < 1.29 is 14.3 Å². The molecular weight excluding hydrogens is 242 g/mol. The number of carbonyl (C=O) groups excluding carboxylic acids is 1. The second kappa shape index (κ2) is 6.68. The Hall–Kier alpha value is -1.39. The molecule has 1 atom stereocenters. The second-order valence-corrected chi connectivity index (χ2v) is 4.81. The molecule has 1 heterocycles. The van der Waals surface area contributed by atoms with Gasteiger partial charge in [0.05, 0.1) is 25.9 Å². The fourth-order valence-corrected chi connectivity index (χ4v) is 2.40. The smallest absolute Gasteiger partial charge is 0.320 e. The normalized spacial score (nSPS) is 18.2. The van der Waals surface area contributed by atoms with E-state index in [1.165, 1.54) is 11.1 Å². The highest BCUT2D eigenvalue weighted by molar-refractivity contribution is 5.71. The molecule has 0 saturated carbocycles. The lowest BCUT2D eigenvalue weighted by atomic mass is 9.97. The summed E-state index contributed by atoms with van der Waals surface area (Å²) in [6.45, 7) is 3.99. The standard InChI is InChI=1S/C15H21NO3/c1-3-18-15(17)11-16(2)10-14-13-7-5-4-6-12(13)8-9-19-14/h4-7,14H,3,8-11H2,1-2H3. The van der Waals surface area contributed by atoms with Crippen molar-refractivity contribution in [2.24, 2.45) is 0 Å². The summed E-state index contributed by atoms with van der Waals surface area (Å²) in [6, 6.07) is 8.35. The van der Waals surface area contributed by atoms with E-state index >= 15 is 0 Å². The third-order valence-electron chi connectivity index (χ3n) is 3.27. The lowest BCUT2D eigenvalue weighted by molar-refractivity contribution is -0.144. The molecule has 0 aliphatic carbocycles. The van der Waals surface area contributed by atoms with Gasteiger partial charge in [0.1, 0.15) is 0 Å². The highest BCUT2D eigenvalue weighted by Crippen LogP contribution is 2.27. The number of ether oxygens (including phenoxy) is 2. The number of likely N-dealkylation sites (N-methyl/N-ethyl adjacent to an activating group) is 1. The second-order valence-electron chi connectivity index (χ2n) is 4.81. The predicted octanol–water partition coefficient (Wildman–Crippen LogP) is 1.80. The van der Waals surface area contributed by atoms with Gasteiger partial charge in [-0.15, -0.1) is 0 Å². The van der Waals surface area contributed by atoms with E-state index in [4.69, 9.17) is 9.47 Å². The van der Waals surface area contributed by atoms with Crippen molar-refractivity contribution in [2.45, 2.75) is 19.4 Å². The van der Waals surface area contributed by atoms with Crippen LogP contribution >= 0.6 is 0 Å². The molecule has 0 amide bonds. The Kier molecular flexibility index (Phi) is 4.93. The van der Waals surface area contributed by atoms with Gasteiger partial charge in [0.2, 0.25) is 0 Å². The Balaban J connectivity index is 1.95. The van der Waals surface area contributed by atoms with Crippen LogP contribution in [0, 0.1) is 0 Å². The summed E-state index contributed by atoms with van der Waals surface area (Å²) in [4.78, 5) is 13.4. The van der Waals surface area contributed by atoms with Crippen LogP contribution < -0.4 is 0 Å². The molecule has 4 heteroatoms. The number of benzene rings is 1. The summed E-state index contributed by atoms with van der Waals surface area (Å²) >= 11 is 0. The molecule has 1 aromatic carbocycles. The molecule has 0 saturated heterocycles. The Morgan fingerprint density at radius 1 is 1.47 bits per heavy atom. The number of carbonyl (C=O) groups is 1. The van der Waals surface area contributed by atoms with E-state index < -0.39 is 0 Å². The SMILES string of the molecule is CCOC(=O)CN(C)CC1OCCc2ccccc21. The maximum absolute atomic E-state index is 11.4. The number of hydrogen-bond donors (Lipinski definition) is 0. The van der Waals surface area contributed by atoms with E-state index in [2.05, 4.69) is 18.2 Å². The third kappa shape index (κ3) is 3.78. The molecule has 0 aromatic heterocycles. The number of esters is 1. The van der Waals surface area contributed by atoms with E-state index in [1.54, 1.807) is 0 Å². The van der Waals surface area contributed by atoms with Crippen LogP contribution in [0.2, 0.25) is 0 Å². The maximum atomic E-state index is 11.4. The van der Waals surface area contributed by atoms with Crippen LogP contribution in [0.4, 0.5) is 0 Å². The van der Waals surface area contributed by atoms with E-state index in [9.17, 15) is 4.79 Å². The number of nitrogens with zero attached hydrogens (tertiary/aromatic N) is 1. The molecule has 104 valence electrons. The zero-order valence-corrected chi connectivity index (χ0v) is 11.6. The number of hydrogen-bond acceptors (Lipinski definition) is 4. The molecule has 1 aliphatic rings. The van der Waals surface area contributed by atoms with Crippen LogP contribution in [0.3, 0.4) is 0 Å². The van der Waals surface area contributed by atoms with Crippen LogP contribution in [0.5, 0.6) is 0 Å². The Labute approximate surface area is 114 Å². The molecule has 0 fully saturated rings. The highest BCUT2D eigenvalue weighted by Gasteiger charge is 2.22. The van der Waals surface area contributed by atoms with E-state index in [-0.39, 0.29) is 12.1 Å². The minimum Gasteiger partial charge on any atom is -0.465 e. The molecular formula is C15H21NO3. The molecule has 1 aromatic rings. The first-order valence-electron chi connectivity index (χ1n) is 6.74. The topological polar surface area (TPSA) is 38.8 Å². The zero-order chi connectivity index (χ0) is 13.7. The molecule has 4 nitrogen and oxygen atoms in total. The van der Waals surface area contributed by atoms with E-state index in [1.807, 2.05) is 24.9 Å². The Morgan fingerprint density at radius 2 is 2.26 bits per heavy atom. The fourth-order valence-electron chi connectivity index (χ4n) is 2.40. The molecule has 0 N–H and O–H groups in total. The molecule has 0 radical (unpaired) electrons. The lowest BCUT2D eigenvalue weighted by Gasteiger charge is -2.29. The minimum atomic E-state index is -0.186. The van der Waals surface area contributed by atoms with Gasteiger partial charge in [-0.2, -0.15) is 0 Å². The van der Waals surface area contributed by atoms with Crippen LogP contribution in [0.25, 0.3) is 0 Å². The van der Waals surface area contributed by atoms with Gasteiger partial charge in [0.25, 0.3) is 0 Å². The molecule has 1 aliphatic heterocycles. The van der Waals surface area contributed by atoms with Gasteiger partial charge in [-0.1, -0.05) is 24.3 Å². The monoisotopic (exact) mass is 263 g/mol. The van der Waals surface area contributed by atoms with Gasteiger partial charge in [0.15, 0.2) is 0 Å². The van der Waals surface area contributed by atoms with Gasteiger partial charge in [-0.25, -0.2) is 0 Å². The first-order chi connectivity index (χ1) is 9.20. The summed E-state index contributed by atoms with van der Waals surface area (Å²) < 4.78 is 10.8. The van der Waals surface area contributed by atoms with Crippen molar-refractivity contribution >= 4 is 5.97 Å². The van der Waals surface area contributed by atoms with Crippen LogP contribution in [0.15, 0.2) is 24.3 Å². The van der Waals surface area contributed by atoms with Crippen molar-refractivity contribution in [3.8, 4) is 0 Å². The van der Waals surface area contributed by atoms with E-state index in [0.717, 1.165) is 13.0 Å².